The Labute approximate surface area is 133 Å². The van der Waals surface area contributed by atoms with Crippen LogP contribution in [0.25, 0.3) is 28.0 Å². The molecule has 4 rings (SSSR count). The van der Waals surface area contributed by atoms with Crippen LogP contribution in [0.1, 0.15) is 12.5 Å². The molecule has 4 heterocycles. The molecule has 0 aliphatic carbocycles. The molecule has 4 aromatic heterocycles. The maximum Gasteiger partial charge on any atom is 0.153 e. The average molecular weight is 301 g/mol. The zero-order valence-corrected chi connectivity index (χ0v) is 12.7. The zero-order chi connectivity index (χ0) is 15.6. The summed E-state index contributed by atoms with van der Waals surface area (Å²) in [6, 6.07) is 9.94. The maximum atomic E-state index is 4.55. The zero-order valence-electron chi connectivity index (χ0n) is 12.7. The molecule has 0 radical (unpaired) electrons. The van der Waals surface area contributed by atoms with E-state index in [9.17, 15) is 0 Å². The van der Waals surface area contributed by atoms with Crippen LogP contribution in [0, 0.1) is 0 Å². The van der Waals surface area contributed by atoms with Crippen molar-refractivity contribution in [2.24, 2.45) is 0 Å². The van der Waals surface area contributed by atoms with Crippen LogP contribution in [0.15, 0.2) is 61.3 Å². The van der Waals surface area contributed by atoms with Crippen molar-refractivity contribution < 1.29 is 0 Å². The standard InChI is InChI=1S/C18H15N5/c1-2-13-7-14(10-19-9-13)16-8-17-15(11-21-16)12-22-23(17)18-5-3-4-6-20-18/h3-12H,2H2,1H3. The highest BCUT2D eigenvalue weighted by Gasteiger charge is 2.09. The van der Waals surface area contributed by atoms with Crippen LogP contribution in [0.5, 0.6) is 0 Å². The van der Waals surface area contributed by atoms with Crippen LogP contribution >= 0.6 is 0 Å². The van der Waals surface area contributed by atoms with Gasteiger partial charge in [-0.2, -0.15) is 5.10 Å². The van der Waals surface area contributed by atoms with E-state index in [1.165, 1.54) is 5.56 Å². The minimum atomic E-state index is 0.792. The van der Waals surface area contributed by atoms with Crippen LogP contribution in [0.2, 0.25) is 0 Å². The lowest BCUT2D eigenvalue weighted by Crippen LogP contribution is -1.98. The molecule has 0 saturated carbocycles. The van der Waals surface area contributed by atoms with Crippen molar-refractivity contribution in [3.05, 3.63) is 66.9 Å². The lowest BCUT2D eigenvalue weighted by Gasteiger charge is -2.05. The Kier molecular flexibility index (Phi) is 3.31. The highest BCUT2D eigenvalue weighted by atomic mass is 15.3. The van der Waals surface area contributed by atoms with E-state index in [1.807, 2.05) is 53.7 Å². The average Bonchev–Trinajstić information content (AvgIpc) is 3.05. The summed E-state index contributed by atoms with van der Waals surface area (Å²) in [4.78, 5) is 13.2. The fourth-order valence-electron chi connectivity index (χ4n) is 2.56. The van der Waals surface area contributed by atoms with Gasteiger partial charge in [0.2, 0.25) is 0 Å². The first kappa shape index (κ1) is 13.6. The summed E-state index contributed by atoms with van der Waals surface area (Å²) in [6.45, 7) is 2.12. The van der Waals surface area contributed by atoms with Crippen molar-refractivity contribution in [3.8, 4) is 17.1 Å². The predicted molar refractivity (Wildman–Crippen MR) is 89.3 cm³/mol. The van der Waals surface area contributed by atoms with E-state index in [0.717, 1.165) is 34.4 Å². The van der Waals surface area contributed by atoms with E-state index in [-0.39, 0.29) is 0 Å². The first-order valence-corrected chi connectivity index (χ1v) is 7.54. The molecule has 0 saturated heterocycles. The van der Waals surface area contributed by atoms with Crippen LogP contribution in [-0.2, 0) is 6.42 Å². The maximum absolute atomic E-state index is 4.55. The van der Waals surface area contributed by atoms with Gasteiger partial charge in [-0.25, -0.2) is 9.67 Å². The minimum Gasteiger partial charge on any atom is -0.264 e. The van der Waals surface area contributed by atoms with Gasteiger partial charge in [0.25, 0.3) is 0 Å². The predicted octanol–water partition coefficient (Wildman–Crippen LogP) is 3.44. The van der Waals surface area contributed by atoms with E-state index < -0.39 is 0 Å². The van der Waals surface area contributed by atoms with Gasteiger partial charge >= 0.3 is 0 Å². The Morgan fingerprint density at radius 3 is 2.78 bits per heavy atom. The lowest BCUT2D eigenvalue weighted by molar-refractivity contribution is 0.874. The Morgan fingerprint density at radius 1 is 1.00 bits per heavy atom. The van der Waals surface area contributed by atoms with Gasteiger partial charge in [0.15, 0.2) is 5.82 Å². The molecule has 5 nitrogen and oxygen atoms in total. The monoisotopic (exact) mass is 301 g/mol. The fraction of sp³-hybridized carbons (Fsp3) is 0.111. The van der Waals surface area contributed by atoms with Crippen LogP contribution in [0.4, 0.5) is 0 Å². The van der Waals surface area contributed by atoms with Crippen LogP contribution in [0.3, 0.4) is 0 Å². The molecule has 5 heteroatoms. The molecule has 112 valence electrons. The molecule has 0 spiro atoms. The van der Waals surface area contributed by atoms with Gasteiger partial charge in [0.05, 0.1) is 17.4 Å². The molecule has 0 bridgehead atoms. The molecule has 0 aliphatic rings. The quantitative estimate of drug-likeness (QED) is 0.581. The third-order valence-electron chi connectivity index (χ3n) is 3.82. The Balaban J connectivity index is 1.87. The second-order valence-electron chi connectivity index (χ2n) is 5.31. The van der Waals surface area contributed by atoms with Gasteiger partial charge < -0.3 is 0 Å². The summed E-state index contributed by atoms with van der Waals surface area (Å²) >= 11 is 0. The smallest absolute Gasteiger partial charge is 0.153 e. The molecule has 0 fully saturated rings. The number of aryl methyl sites for hydroxylation is 1. The van der Waals surface area contributed by atoms with Crippen molar-refractivity contribution in [1.29, 1.82) is 0 Å². The molecule has 0 aromatic carbocycles. The lowest BCUT2D eigenvalue weighted by atomic mass is 10.1. The third-order valence-corrected chi connectivity index (χ3v) is 3.82. The Bertz CT molecular complexity index is 959. The van der Waals surface area contributed by atoms with Crippen molar-refractivity contribution in [1.82, 2.24) is 24.7 Å². The van der Waals surface area contributed by atoms with Gasteiger partial charge in [0.1, 0.15) is 0 Å². The van der Waals surface area contributed by atoms with E-state index in [4.69, 9.17) is 0 Å². The van der Waals surface area contributed by atoms with E-state index in [0.29, 0.717) is 0 Å². The summed E-state index contributed by atoms with van der Waals surface area (Å²) in [6.07, 6.45) is 10.1. The topological polar surface area (TPSA) is 56.5 Å². The Hall–Kier alpha value is -3.08. The molecule has 0 aliphatic heterocycles. The molecule has 23 heavy (non-hydrogen) atoms. The van der Waals surface area contributed by atoms with Gasteiger partial charge in [-0.15, -0.1) is 0 Å². The fourth-order valence-corrected chi connectivity index (χ4v) is 2.56. The van der Waals surface area contributed by atoms with Crippen molar-refractivity contribution in [3.63, 3.8) is 0 Å². The number of pyridine rings is 3. The molecular formula is C18H15N5. The molecule has 4 aromatic rings. The molecule has 0 amide bonds. The largest absolute Gasteiger partial charge is 0.264 e. The molecular weight excluding hydrogens is 286 g/mol. The first-order valence-electron chi connectivity index (χ1n) is 7.54. The molecule has 0 atom stereocenters. The number of rotatable bonds is 3. The normalized spacial score (nSPS) is 11.0. The van der Waals surface area contributed by atoms with Gasteiger partial charge in [-0.05, 0) is 36.2 Å². The Morgan fingerprint density at radius 2 is 1.96 bits per heavy atom. The first-order chi connectivity index (χ1) is 11.3. The van der Waals surface area contributed by atoms with Crippen molar-refractivity contribution >= 4 is 10.9 Å². The summed E-state index contributed by atoms with van der Waals surface area (Å²) in [7, 11) is 0. The van der Waals surface area contributed by atoms with Gasteiger partial charge in [-0.3, -0.25) is 9.97 Å². The number of fused-ring (bicyclic) bond motifs is 1. The SMILES string of the molecule is CCc1cncc(-c2cc3c(cn2)cnn3-c2ccccn2)c1. The molecule has 0 N–H and O–H groups in total. The number of hydrogen-bond donors (Lipinski definition) is 0. The number of hydrogen-bond acceptors (Lipinski definition) is 4. The number of aromatic nitrogens is 5. The van der Waals surface area contributed by atoms with E-state index >= 15 is 0 Å². The summed E-state index contributed by atoms with van der Waals surface area (Å²) < 4.78 is 1.83. The van der Waals surface area contributed by atoms with Gasteiger partial charge in [-0.1, -0.05) is 13.0 Å². The van der Waals surface area contributed by atoms with Crippen molar-refractivity contribution in [2.45, 2.75) is 13.3 Å². The van der Waals surface area contributed by atoms with Crippen LogP contribution < -0.4 is 0 Å². The van der Waals surface area contributed by atoms with Crippen LogP contribution in [-0.4, -0.2) is 24.7 Å². The summed E-state index contributed by atoms with van der Waals surface area (Å²) in [5, 5.41) is 5.42. The summed E-state index contributed by atoms with van der Waals surface area (Å²) in [5.74, 6) is 0.792. The third kappa shape index (κ3) is 2.46. The highest BCUT2D eigenvalue weighted by molar-refractivity contribution is 5.83. The van der Waals surface area contributed by atoms with Gasteiger partial charge in [0, 0.05) is 35.7 Å². The summed E-state index contributed by atoms with van der Waals surface area (Å²) in [5.41, 5.74) is 4.08. The second-order valence-corrected chi connectivity index (χ2v) is 5.31. The second kappa shape index (κ2) is 5.61. The minimum absolute atomic E-state index is 0.792. The molecule has 0 unspecified atom stereocenters. The number of nitrogens with zero attached hydrogens (tertiary/aromatic N) is 5. The van der Waals surface area contributed by atoms with E-state index in [2.05, 4.69) is 33.0 Å². The highest BCUT2D eigenvalue weighted by Crippen LogP contribution is 2.23. The van der Waals surface area contributed by atoms with E-state index in [1.54, 1.807) is 6.20 Å². The van der Waals surface area contributed by atoms with Crippen molar-refractivity contribution in [2.75, 3.05) is 0 Å².